The van der Waals surface area contributed by atoms with Crippen LogP contribution >= 0.6 is 0 Å². The van der Waals surface area contributed by atoms with E-state index < -0.39 is 5.91 Å². The van der Waals surface area contributed by atoms with Crippen LogP contribution in [0.15, 0.2) is 66.7 Å². The zero-order valence-electron chi connectivity index (χ0n) is 21.2. The molecule has 4 rings (SSSR count). The van der Waals surface area contributed by atoms with E-state index in [-0.39, 0.29) is 35.8 Å². The van der Waals surface area contributed by atoms with Crippen molar-refractivity contribution in [1.29, 1.82) is 0 Å². The normalized spacial score (nSPS) is 14.9. The number of carbonyl (C=O) groups excluding carboxylic acids is 4. The maximum absolute atomic E-state index is 13.5. The number of amides is 3. The van der Waals surface area contributed by atoms with E-state index in [0.717, 1.165) is 5.56 Å². The van der Waals surface area contributed by atoms with Gasteiger partial charge in [0.1, 0.15) is 0 Å². The summed E-state index contributed by atoms with van der Waals surface area (Å²) in [5.74, 6) is -1.94. The summed E-state index contributed by atoms with van der Waals surface area (Å²) in [4.78, 5) is 51.9. The Morgan fingerprint density at radius 2 is 1.53 bits per heavy atom. The highest BCUT2D eigenvalue weighted by atomic mass is 16.5. The van der Waals surface area contributed by atoms with Gasteiger partial charge in [-0.3, -0.25) is 24.4 Å². The minimum absolute atomic E-state index is 0.256. The SMILES string of the molecule is COC(=O)[C@H]1CCCN(C(=O)c2cc(NC(=O)c3ccc(C)cc3)cc(-c3ccc(C(=O)NO)cc3)c2)C1. The zero-order chi connectivity index (χ0) is 27.2. The molecule has 38 heavy (non-hydrogen) atoms. The Kier molecular flexibility index (Phi) is 8.18. The lowest BCUT2D eigenvalue weighted by Crippen LogP contribution is -2.42. The Labute approximate surface area is 220 Å². The number of benzene rings is 3. The topological polar surface area (TPSA) is 125 Å². The minimum Gasteiger partial charge on any atom is -0.469 e. The number of aryl methyl sites for hydroxylation is 1. The molecule has 9 nitrogen and oxygen atoms in total. The molecule has 9 heteroatoms. The van der Waals surface area contributed by atoms with E-state index in [1.807, 2.05) is 19.1 Å². The highest BCUT2D eigenvalue weighted by Gasteiger charge is 2.30. The molecule has 1 saturated heterocycles. The second kappa shape index (κ2) is 11.7. The third kappa shape index (κ3) is 6.07. The van der Waals surface area contributed by atoms with E-state index in [2.05, 4.69) is 5.32 Å². The number of nitrogens with one attached hydrogen (secondary N) is 2. The van der Waals surface area contributed by atoms with Gasteiger partial charge < -0.3 is 15.0 Å². The van der Waals surface area contributed by atoms with Crippen LogP contribution in [0.25, 0.3) is 11.1 Å². The smallest absolute Gasteiger partial charge is 0.310 e. The first-order valence-corrected chi connectivity index (χ1v) is 12.2. The molecule has 3 N–H and O–H groups in total. The number of ether oxygens (including phenoxy) is 1. The minimum atomic E-state index is -0.642. The molecule has 0 aliphatic carbocycles. The number of hydrogen-bond donors (Lipinski definition) is 3. The molecule has 196 valence electrons. The second-order valence-electron chi connectivity index (χ2n) is 9.25. The van der Waals surface area contributed by atoms with Gasteiger partial charge in [-0.15, -0.1) is 0 Å². The number of anilines is 1. The Balaban J connectivity index is 1.68. The van der Waals surface area contributed by atoms with Crippen LogP contribution in [0.3, 0.4) is 0 Å². The van der Waals surface area contributed by atoms with E-state index in [1.54, 1.807) is 65.0 Å². The van der Waals surface area contributed by atoms with Crippen molar-refractivity contribution in [2.45, 2.75) is 19.8 Å². The van der Waals surface area contributed by atoms with E-state index in [1.165, 1.54) is 7.11 Å². The Morgan fingerprint density at radius 1 is 0.868 bits per heavy atom. The lowest BCUT2D eigenvalue weighted by atomic mass is 9.96. The van der Waals surface area contributed by atoms with Gasteiger partial charge >= 0.3 is 5.97 Å². The Bertz CT molecular complexity index is 1350. The molecule has 0 radical (unpaired) electrons. The number of rotatable bonds is 6. The van der Waals surface area contributed by atoms with Crippen molar-refractivity contribution in [3.05, 3.63) is 89.0 Å². The molecular formula is C29H29N3O6. The molecular weight excluding hydrogens is 486 g/mol. The zero-order valence-corrected chi connectivity index (χ0v) is 21.2. The van der Waals surface area contributed by atoms with Crippen LogP contribution in [-0.4, -0.2) is 54.0 Å². The van der Waals surface area contributed by atoms with Gasteiger partial charge in [-0.25, -0.2) is 5.48 Å². The van der Waals surface area contributed by atoms with Crippen molar-refractivity contribution in [3.8, 4) is 11.1 Å². The Hall–Kier alpha value is -4.50. The number of hydrogen-bond acceptors (Lipinski definition) is 6. The molecule has 1 fully saturated rings. The quantitative estimate of drug-likeness (QED) is 0.258. The molecule has 1 aliphatic heterocycles. The lowest BCUT2D eigenvalue weighted by molar-refractivity contribution is -0.146. The van der Waals surface area contributed by atoms with Gasteiger partial charge in [0.05, 0.1) is 13.0 Å². The summed E-state index contributed by atoms with van der Waals surface area (Å²) in [6.07, 6.45) is 1.33. The van der Waals surface area contributed by atoms with E-state index in [0.29, 0.717) is 47.3 Å². The summed E-state index contributed by atoms with van der Waals surface area (Å²) in [6.45, 7) is 2.70. The molecule has 1 atom stereocenters. The maximum atomic E-state index is 13.5. The van der Waals surface area contributed by atoms with Gasteiger partial charge in [0.25, 0.3) is 17.7 Å². The summed E-state index contributed by atoms with van der Waals surface area (Å²) >= 11 is 0. The number of nitrogens with zero attached hydrogens (tertiary/aromatic N) is 1. The first-order valence-electron chi connectivity index (χ1n) is 12.2. The predicted octanol–water partition coefficient (Wildman–Crippen LogP) is 4.06. The van der Waals surface area contributed by atoms with E-state index in [4.69, 9.17) is 9.94 Å². The summed E-state index contributed by atoms with van der Waals surface area (Å²) in [5, 5.41) is 11.8. The van der Waals surface area contributed by atoms with E-state index in [9.17, 15) is 19.2 Å². The number of carbonyl (C=O) groups is 4. The van der Waals surface area contributed by atoms with E-state index >= 15 is 0 Å². The monoisotopic (exact) mass is 515 g/mol. The number of hydroxylamine groups is 1. The van der Waals surface area contributed by atoms with Gasteiger partial charge in [-0.2, -0.15) is 0 Å². The number of likely N-dealkylation sites (tertiary alicyclic amines) is 1. The van der Waals surface area contributed by atoms with Crippen molar-refractivity contribution in [2.75, 3.05) is 25.5 Å². The van der Waals surface area contributed by atoms with Gasteiger partial charge in [0.2, 0.25) is 0 Å². The Morgan fingerprint density at radius 3 is 2.18 bits per heavy atom. The average Bonchev–Trinajstić information content (AvgIpc) is 2.96. The summed E-state index contributed by atoms with van der Waals surface area (Å²) in [5.41, 5.74) is 5.49. The lowest BCUT2D eigenvalue weighted by Gasteiger charge is -2.31. The highest BCUT2D eigenvalue weighted by molar-refractivity contribution is 6.06. The van der Waals surface area contributed by atoms with Crippen molar-refractivity contribution < 1.29 is 29.1 Å². The van der Waals surface area contributed by atoms with Gasteiger partial charge in [-0.1, -0.05) is 29.8 Å². The molecule has 0 spiro atoms. The van der Waals surface area contributed by atoms with Crippen LogP contribution in [0.4, 0.5) is 5.69 Å². The van der Waals surface area contributed by atoms with Crippen LogP contribution in [0.1, 0.15) is 49.5 Å². The molecule has 0 saturated carbocycles. The molecule has 3 amide bonds. The van der Waals surface area contributed by atoms with Gasteiger partial charge in [0, 0.05) is 35.5 Å². The number of methoxy groups -OCH3 is 1. The largest absolute Gasteiger partial charge is 0.469 e. The van der Waals surface area contributed by atoms with Gasteiger partial charge in [-0.05, 0) is 73.4 Å². The third-order valence-corrected chi connectivity index (χ3v) is 6.58. The van der Waals surface area contributed by atoms with Crippen molar-refractivity contribution >= 4 is 29.4 Å². The number of esters is 1. The molecule has 0 unspecified atom stereocenters. The molecule has 1 heterocycles. The maximum Gasteiger partial charge on any atom is 0.310 e. The fourth-order valence-electron chi connectivity index (χ4n) is 4.48. The summed E-state index contributed by atoms with van der Waals surface area (Å²) < 4.78 is 4.88. The van der Waals surface area contributed by atoms with Crippen LogP contribution < -0.4 is 10.8 Å². The van der Waals surface area contributed by atoms with Gasteiger partial charge in [0.15, 0.2) is 0 Å². The summed E-state index contributed by atoms with van der Waals surface area (Å²) in [7, 11) is 1.34. The molecule has 0 aromatic heterocycles. The average molecular weight is 516 g/mol. The van der Waals surface area contributed by atoms with Crippen molar-refractivity contribution in [3.63, 3.8) is 0 Å². The second-order valence-corrected chi connectivity index (χ2v) is 9.25. The van der Waals surface area contributed by atoms with Crippen molar-refractivity contribution in [2.24, 2.45) is 5.92 Å². The fourth-order valence-corrected chi connectivity index (χ4v) is 4.48. The predicted molar refractivity (Wildman–Crippen MR) is 141 cm³/mol. The molecule has 3 aromatic carbocycles. The van der Waals surface area contributed by atoms with Crippen molar-refractivity contribution in [1.82, 2.24) is 10.4 Å². The molecule has 0 bridgehead atoms. The summed E-state index contributed by atoms with van der Waals surface area (Å²) in [6, 6.07) is 18.7. The molecule has 3 aromatic rings. The number of piperidine rings is 1. The highest BCUT2D eigenvalue weighted by Crippen LogP contribution is 2.28. The van der Waals surface area contributed by atoms with Crippen LogP contribution in [0.2, 0.25) is 0 Å². The molecule has 1 aliphatic rings. The van der Waals surface area contributed by atoms with Crippen LogP contribution in [-0.2, 0) is 9.53 Å². The standard InChI is InChI=1S/C29H29N3O6/c1-18-5-7-20(8-6-18)26(33)30-25-15-23(19-9-11-21(12-10-19)27(34)31-37)14-24(16-25)28(35)32-13-3-4-22(17-32)29(36)38-2/h5-12,14-16,22,37H,3-4,13,17H2,1-2H3,(H,30,33)(H,31,34)/t22-/m0/s1. The third-order valence-electron chi connectivity index (χ3n) is 6.58. The first-order chi connectivity index (χ1) is 18.3. The first kappa shape index (κ1) is 26.6. The van der Waals surface area contributed by atoms with Crippen LogP contribution in [0.5, 0.6) is 0 Å². The van der Waals surface area contributed by atoms with Crippen LogP contribution in [0, 0.1) is 12.8 Å². The fraction of sp³-hybridized carbons (Fsp3) is 0.241.